The van der Waals surface area contributed by atoms with Crippen LogP contribution in [0.15, 0.2) is 76.0 Å². The van der Waals surface area contributed by atoms with E-state index in [1.54, 1.807) is 29.7 Å². The number of nitro benzene ring substituents is 1. The van der Waals surface area contributed by atoms with Gasteiger partial charge in [0.25, 0.3) is 5.56 Å². The van der Waals surface area contributed by atoms with Crippen LogP contribution < -0.4 is 10.3 Å². The van der Waals surface area contributed by atoms with Gasteiger partial charge in [-0.05, 0) is 49.2 Å². The van der Waals surface area contributed by atoms with Gasteiger partial charge >= 0.3 is 5.69 Å². The summed E-state index contributed by atoms with van der Waals surface area (Å²) in [6.07, 6.45) is 0.481. The molecule has 3 aromatic carbocycles. The molecule has 162 valence electrons. The standard InChI is InChI=1S/C24H20BrN3O4/c1-16-7-12-22(21(15-16)28(30)31)32-14-4-13-27-23(17-8-10-18(25)11-9-17)26-20-6-3-2-5-19(20)24(27)29/h2-3,5-12,15H,4,13-14H2,1H3. The Kier molecular flexibility index (Phi) is 6.32. The zero-order valence-corrected chi connectivity index (χ0v) is 18.9. The van der Waals surface area contributed by atoms with Crippen LogP contribution >= 0.6 is 15.9 Å². The summed E-state index contributed by atoms with van der Waals surface area (Å²) in [6, 6.07) is 19.7. The van der Waals surface area contributed by atoms with Crippen molar-refractivity contribution in [2.75, 3.05) is 6.61 Å². The van der Waals surface area contributed by atoms with E-state index in [1.807, 2.05) is 42.5 Å². The summed E-state index contributed by atoms with van der Waals surface area (Å²) in [5.41, 5.74) is 2.06. The molecule has 0 amide bonds. The normalized spacial score (nSPS) is 10.9. The van der Waals surface area contributed by atoms with Crippen molar-refractivity contribution in [2.45, 2.75) is 19.9 Å². The molecule has 0 unspecified atom stereocenters. The van der Waals surface area contributed by atoms with Crippen LogP contribution in [-0.4, -0.2) is 21.1 Å². The van der Waals surface area contributed by atoms with Crippen LogP contribution in [0.4, 0.5) is 5.69 Å². The minimum Gasteiger partial charge on any atom is -0.487 e. The molecule has 0 saturated heterocycles. The number of ether oxygens (including phenoxy) is 1. The highest BCUT2D eigenvalue weighted by Gasteiger charge is 2.16. The van der Waals surface area contributed by atoms with Gasteiger partial charge in [-0.25, -0.2) is 4.98 Å². The maximum Gasteiger partial charge on any atom is 0.311 e. The number of hydrogen-bond donors (Lipinski definition) is 0. The molecule has 0 N–H and O–H groups in total. The second-order valence-corrected chi connectivity index (χ2v) is 8.26. The monoisotopic (exact) mass is 493 g/mol. The van der Waals surface area contributed by atoms with E-state index in [9.17, 15) is 14.9 Å². The number of para-hydroxylation sites is 1. The summed E-state index contributed by atoms with van der Waals surface area (Å²) in [5.74, 6) is 0.792. The molecule has 4 aromatic rings. The quantitative estimate of drug-likeness (QED) is 0.192. The predicted octanol–water partition coefficient (Wildman–Crippen LogP) is 5.51. The van der Waals surface area contributed by atoms with Crippen molar-refractivity contribution < 1.29 is 9.66 Å². The summed E-state index contributed by atoms with van der Waals surface area (Å²) in [6.45, 7) is 2.38. The molecule has 0 atom stereocenters. The van der Waals surface area contributed by atoms with Crippen molar-refractivity contribution in [3.05, 3.63) is 97.2 Å². The number of benzene rings is 3. The molecule has 0 aliphatic carbocycles. The fourth-order valence-corrected chi connectivity index (χ4v) is 3.76. The molecule has 32 heavy (non-hydrogen) atoms. The van der Waals surface area contributed by atoms with E-state index in [-0.39, 0.29) is 23.6 Å². The van der Waals surface area contributed by atoms with Gasteiger partial charge in [-0.2, -0.15) is 0 Å². The van der Waals surface area contributed by atoms with Crippen LogP contribution in [0.1, 0.15) is 12.0 Å². The van der Waals surface area contributed by atoms with E-state index in [1.165, 1.54) is 6.07 Å². The average Bonchev–Trinajstić information content (AvgIpc) is 2.79. The minimum atomic E-state index is -0.453. The third-order valence-corrected chi connectivity index (χ3v) is 5.59. The Morgan fingerprint density at radius 2 is 1.84 bits per heavy atom. The zero-order valence-electron chi connectivity index (χ0n) is 17.3. The maximum absolute atomic E-state index is 13.2. The predicted molar refractivity (Wildman–Crippen MR) is 127 cm³/mol. The number of fused-ring (bicyclic) bond motifs is 1. The SMILES string of the molecule is Cc1ccc(OCCCn2c(-c3ccc(Br)cc3)nc3ccccc3c2=O)c([N+](=O)[O-])c1. The number of hydrogen-bond acceptors (Lipinski definition) is 5. The van der Waals surface area contributed by atoms with Crippen LogP contribution in [0, 0.1) is 17.0 Å². The number of nitrogens with zero attached hydrogens (tertiary/aromatic N) is 3. The molecule has 7 nitrogen and oxygen atoms in total. The molecule has 1 aromatic heterocycles. The molecule has 0 aliphatic heterocycles. The number of rotatable bonds is 7. The van der Waals surface area contributed by atoms with Gasteiger partial charge in [-0.15, -0.1) is 0 Å². The van der Waals surface area contributed by atoms with E-state index in [0.29, 0.717) is 29.7 Å². The van der Waals surface area contributed by atoms with Gasteiger partial charge in [0.05, 0.1) is 22.4 Å². The molecular weight excluding hydrogens is 474 g/mol. The van der Waals surface area contributed by atoms with Crippen molar-refractivity contribution in [2.24, 2.45) is 0 Å². The summed E-state index contributed by atoms with van der Waals surface area (Å²) < 4.78 is 8.25. The van der Waals surface area contributed by atoms with Crippen molar-refractivity contribution in [1.29, 1.82) is 0 Å². The van der Waals surface area contributed by atoms with Gasteiger partial charge in [0.1, 0.15) is 5.82 Å². The third-order valence-electron chi connectivity index (χ3n) is 5.06. The van der Waals surface area contributed by atoms with E-state index in [2.05, 4.69) is 15.9 Å². The molecular formula is C24H20BrN3O4. The first-order chi connectivity index (χ1) is 15.4. The van der Waals surface area contributed by atoms with Gasteiger partial charge in [0.15, 0.2) is 5.75 Å². The van der Waals surface area contributed by atoms with E-state index < -0.39 is 4.92 Å². The Balaban J connectivity index is 1.61. The van der Waals surface area contributed by atoms with Crippen LogP contribution in [0.3, 0.4) is 0 Å². The molecule has 4 rings (SSSR count). The van der Waals surface area contributed by atoms with Crippen LogP contribution in [0.25, 0.3) is 22.3 Å². The molecule has 0 aliphatic rings. The Bertz CT molecular complexity index is 1350. The minimum absolute atomic E-state index is 0.0647. The van der Waals surface area contributed by atoms with Gasteiger partial charge < -0.3 is 4.74 Å². The van der Waals surface area contributed by atoms with Gasteiger partial charge in [-0.1, -0.05) is 46.3 Å². The lowest BCUT2D eigenvalue weighted by molar-refractivity contribution is -0.385. The Morgan fingerprint density at radius 1 is 1.09 bits per heavy atom. The molecule has 0 fully saturated rings. The zero-order chi connectivity index (χ0) is 22.7. The second-order valence-electron chi connectivity index (χ2n) is 7.35. The molecule has 0 spiro atoms. The number of aryl methyl sites for hydroxylation is 1. The summed E-state index contributed by atoms with van der Waals surface area (Å²) in [5, 5.41) is 11.8. The highest BCUT2D eigenvalue weighted by Crippen LogP contribution is 2.28. The fraction of sp³-hybridized carbons (Fsp3) is 0.167. The number of halogens is 1. The summed E-state index contributed by atoms with van der Waals surface area (Å²) >= 11 is 3.43. The molecule has 8 heteroatoms. The van der Waals surface area contributed by atoms with Gasteiger partial charge in [0.2, 0.25) is 0 Å². The largest absolute Gasteiger partial charge is 0.487 e. The maximum atomic E-state index is 13.2. The van der Waals surface area contributed by atoms with E-state index in [0.717, 1.165) is 15.6 Å². The van der Waals surface area contributed by atoms with Crippen molar-refractivity contribution in [1.82, 2.24) is 9.55 Å². The van der Waals surface area contributed by atoms with Crippen LogP contribution in [0.2, 0.25) is 0 Å². The Morgan fingerprint density at radius 3 is 2.59 bits per heavy atom. The molecule has 0 saturated carbocycles. The third kappa shape index (κ3) is 4.55. The Hall–Kier alpha value is -3.52. The first kappa shape index (κ1) is 21.7. The lowest BCUT2D eigenvalue weighted by atomic mass is 10.1. The lowest BCUT2D eigenvalue weighted by Crippen LogP contribution is -2.24. The summed E-state index contributed by atoms with van der Waals surface area (Å²) in [7, 11) is 0. The van der Waals surface area contributed by atoms with Gasteiger partial charge in [0, 0.05) is 22.6 Å². The highest BCUT2D eigenvalue weighted by molar-refractivity contribution is 9.10. The van der Waals surface area contributed by atoms with Gasteiger partial charge in [-0.3, -0.25) is 19.5 Å². The molecule has 0 radical (unpaired) electrons. The van der Waals surface area contributed by atoms with Crippen molar-refractivity contribution in [3.8, 4) is 17.1 Å². The average molecular weight is 494 g/mol. The molecule has 1 heterocycles. The summed E-state index contributed by atoms with van der Waals surface area (Å²) in [4.78, 5) is 28.8. The van der Waals surface area contributed by atoms with Crippen LogP contribution in [0.5, 0.6) is 5.75 Å². The van der Waals surface area contributed by atoms with E-state index >= 15 is 0 Å². The highest BCUT2D eigenvalue weighted by atomic mass is 79.9. The number of aromatic nitrogens is 2. The van der Waals surface area contributed by atoms with Crippen LogP contribution in [-0.2, 0) is 6.54 Å². The first-order valence-corrected chi connectivity index (χ1v) is 10.9. The smallest absolute Gasteiger partial charge is 0.311 e. The Labute approximate surface area is 192 Å². The van der Waals surface area contributed by atoms with Crippen molar-refractivity contribution in [3.63, 3.8) is 0 Å². The topological polar surface area (TPSA) is 87.3 Å². The second kappa shape index (κ2) is 9.32. The fourth-order valence-electron chi connectivity index (χ4n) is 3.49. The van der Waals surface area contributed by atoms with Crippen molar-refractivity contribution >= 4 is 32.5 Å². The van der Waals surface area contributed by atoms with E-state index in [4.69, 9.17) is 9.72 Å². The first-order valence-electron chi connectivity index (χ1n) is 10.1. The molecule has 0 bridgehead atoms. The number of nitro groups is 1. The lowest BCUT2D eigenvalue weighted by Gasteiger charge is -2.14.